The average Bonchev–Trinajstić information content (AvgIpc) is 3.41. The van der Waals surface area contributed by atoms with Gasteiger partial charge in [-0.25, -0.2) is 4.98 Å². The van der Waals surface area contributed by atoms with Gasteiger partial charge in [-0.2, -0.15) is 0 Å². The number of carbonyl (C=O) groups excluding carboxylic acids is 1. The molecule has 1 aromatic carbocycles. The van der Waals surface area contributed by atoms with Crippen LogP contribution in [0.3, 0.4) is 0 Å². The number of hydrogen-bond acceptors (Lipinski definition) is 4. The zero-order chi connectivity index (χ0) is 19.5. The molecule has 1 amide bonds. The molecule has 0 saturated heterocycles. The van der Waals surface area contributed by atoms with E-state index in [2.05, 4.69) is 19.9 Å². The Morgan fingerprint density at radius 1 is 1.32 bits per heavy atom. The normalized spacial score (nSPS) is 11.1. The van der Waals surface area contributed by atoms with Crippen molar-refractivity contribution in [2.75, 3.05) is 12.4 Å². The molecule has 3 heterocycles. The van der Waals surface area contributed by atoms with Gasteiger partial charge in [0.15, 0.2) is 5.13 Å². The summed E-state index contributed by atoms with van der Waals surface area (Å²) in [6.07, 6.45) is 5.27. The van der Waals surface area contributed by atoms with E-state index in [0.717, 1.165) is 46.6 Å². The number of hydrogen-bond donors (Lipinski definition) is 2. The summed E-state index contributed by atoms with van der Waals surface area (Å²) in [4.78, 5) is 20.2. The predicted octanol–water partition coefficient (Wildman–Crippen LogP) is 4.83. The van der Waals surface area contributed by atoms with Crippen LogP contribution in [0.2, 0.25) is 0 Å². The lowest BCUT2D eigenvalue weighted by molar-refractivity contribution is -0.116. The number of anilines is 1. The van der Waals surface area contributed by atoms with E-state index in [0.29, 0.717) is 11.6 Å². The summed E-state index contributed by atoms with van der Waals surface area (Å²) < 4.78 is 7.43. The molecule has 0 fully saturated rings. The second kappa shape index (κ2) is 7.90. The van der Waals surface area contributed by atoms with Gasteiger partial charge in [-0.3, -0.25) is 4.79 Å². The third-order valence-electron chi connectivity index (χ3n) is 4.69. The molecule has 0 radical (unpaired) electrons. The molecule has 0 unspecified atom stereocenters. The van der Waals surface area contributed by atoms with Crippen LogP contribution >= 0.6 is 11.3 Å². The fourth-order valence-corrected chi connectivity index (χ4v) is 4.05. The average molecular weight is 395 g/mol. The van der Waals surface area contributed by atoms with Crippen molar-refractivity contribution in [2.24, 2.45) is 0 Å². The van der Waals surface area contributed by atoms with E-state index in [9.17, 15) is 4.79 Å². The first-order valence-corrected chi connectivity index (χ1v) is 10.0. The molecule has 0 bridgehead atoms. The van der Waals surface area contributed by atoms with E-state index in [1.807, 2.05) is 55.0 Å². The fourth-order valence-electron chi connectivity index (χ4n) is 3.33. The minimum absolute atomic E-state index is 0.00891. The maximum atomic E-state index is 12.2. The second-order valence-electron chi connectivity index (χ2n) is 6.65. The smallest absolute Gasteiger partial charge is 0.226 e. The number of rotatable bonds is 7. The molecule has 4 rings (SSSR count). The predicted molar refractivity (Wildman–Crippen MR) is 113 cm³/mol. The van der Waals surface area contributed by atoms with Crippen LogP contribution in [0.4, 0.5) is 5.13 Å². The molecule has 0 aliphatic heterocycles. The van der Waals surface area contributed by atoms with Crippen LogP contribution in [0.1, 0.15) is 18.5 Å². The van der Waals surface area contributed by atoms with Gasteiger partial charge >= 0.3 is 0 Å². The van der Waals surface area contributed by atoms with Gasteiger partial charge in [0.05, 0.1) is 12.8 Å². The fraction of sp³-hybridized carbons (Fsp3) is 0.238. The number of methoxy groups -OCH3 is 1. The first kappa shape index (κ1) is 18.3. The van der Waals surface area contributed by atoms with Crippen molar-refractivity contribution in [2.45, 2.75) is 26.3 Å². The number of nitrogens with zero attached hydrogens (tertiary/aromatic N) is 2. The van der Waals surface area contributed by atoms with Gasteiger partial charge in [0.25, 0.3) is 0 Å². The number of benzene rings is 1. The summed E-state index contributed by atoms with van der Waals surface area (Å²) in [6.45, 7) is 2.86. The van der Waals surface area contributed by atoms with Crippen LogP contribution in [0.5, 0.6) is 5.75 Å². The molecular formula is C21H22N4O2S. The summed E-state index contributed by atoms with van der Waals surface area (Å²) in [7, 11) is 1.66. The summed E-state index contributed by atoms with van der Waals surface area (Å²) >= 11 is 1.44. The van der Waals surface area contributed by atoms with Crippen molar-refractivity contribution < 1.29 is 9.53 Å². The third kappa shape index (κ3) is 3.80. The van der Waals surface area contributed by atoms with Gasteiger partial charge in [0.2, 0.25) is 5.91 Å². The van der Waals surface area contributed by atoms with E-state index in [1.54, 1.807) is 7.11 Å². The number of ether oxygens (including phenoxy) is 1. The number of H-pyrrole nitrogens is 1. The largest absolute Gasteiger partial charge is 0.497 e. The van der Waals surface area contributed by atoms with Gasteiger partial charge in [-0.05, 0) is 43.7 Å². The molecule has 7 heteroatoms. The Kier molecular flexibility index (Phi) is 5.16. The van der Waals surface area contributed by atoms with Crippen molar-refractivity contribution in [1.29, 1.82) is 0 Å². The standard InChI is InChI=1S/C21H22N4O2S/c1-14-20(16-12-15(27-2)7-8-17(16)22-14)18-13-28-21(23-18)24-19(26)6-5-11-25-9-3-4-10-25/h3-4,7-10,12-13,22H,5-6,11H2,1-2H3,(H,23,24,26). The molecule has 0 saturated carbocycles. The first-order valence-electron chi connectivity index (χ1n) is 9.17. The van der Waals surface area contributed by atoms with Crippen LogP contribution in [0, 0.1) is 6.92 Å². The highest BCUT2D eigenvalue weighted by Gasteiger charge is 2.15. The molecule has 144 valence electrons. The van der Waals surface area contributed by atoms with Gasteiger partial charge in [0, 0.05) is 52.9 Å². The van der Waals surface area contributed by atoms with E-state index in [-0.39, 0.29) is 5.91 Å². The van der Waals surface area contributed by atoms with Gasteiger partial charge < -0.3 is 19.6 Å². The monoisotopic (exact) mass is 394 g/mol. The number of nitrogens with one attached hydrogen (secondary N) is 2. The van der Waals surface area contributed by atoms with Crippen molar-refractivity contribution in [3.8, 4) is 17.0 Å². The minimum Gasteiger partial charge on any atom is -0.497 e. The van der Waals surface area contributed by atoms with E-state index < -0.39 is 0 Å². The highest BCUT2D eigenvalue weighted by molar-refractivity contribution is 7.14. The Hall–Kier alpha value is -3.06. The van der Waals surface area contributed by atoms with Crippen LogP contribution in [0.15, 0.2) is 48.1 Å². The van der Waals surface area contributed by atoms with Crippen molar-refractivity contribution in [3.05, 3.63) is 53.8 Å². The van der Waals surface area contributed by atoms with Crippen LogP contribution in [-0.2, 0) is 11.3 Å². The molecule has 28 heavy (non-hydrogen) atoms. The summed E-state index contributed by atoms with van der Waals surface area (Å²) in [5, 5.41) is 6.58. The van der Waals surface area contributed by atoms with Crippen LogP contribution in [0.25, 0.3) is 22.2 Å². The van der Waals surface area contributed by atoms with Crippen LogP contribution < -0.4 is 10.1 Å². The van der Waals surface area contributed by atoms with E-state index in [4.69, 9.17) is 4.74 Å². The van der Waals surface area contributed by atoms with Gasteiger partial charge in [-0.1, -0.05) is 0 Å². The highest BCUT2D eigenvalue weighted by Crippen LogP contribution is 2.35. The number of aryl methyl sites for hydroxylation is 2. The van der Waals surface area contributed by atoms with Gasteiger partial charge in [-0.15, -0.1) is 11.3 Å². The lowest BCUT2D eigenvalue weighted by atomic mass is 10.1. The molecule has 6 nitrogen and oxygen atoms in total. The zero-order valence-electron chi connectivity index (χ0n) is 15.9. The summed E-state index contributed by atoms with van der Waals surface area (Å²) in [6, 6.07) is 9.92. The van der Waals surface area contributed by atoms with Crippen molar-refractivity contribution in [3.63, 3.8) is 0 Å². The molecular weight excluding hydrogens is 372 g/mol. The molecule has 4 aromatic rings. The van der Waals surface area contributed by atoms with Gasteiger partial charge in [0.1, 0.15) is 5.75 Å². The Morgan fingerprint density at radius 2 is 2.14 bits per heavy atom. The second-order valence-corrected chi connectivity index (χ2v) is 7.51. The number of aromatic amines is 1. The number of carbonyl (C=O) groups is 1. The highest BCUT2D eigenvalue weighted by atomic mass is 32.1. The maximum Gasteiger partial charge on any atom is 0.226 e. The zero-order valence-corrected chi connectivity index (χ0v) is 16.7. The quantitative estimate of drug-likeness (QED) is 0.472. The Bertz CT molecular complexity index is 1100. The Balaban J connectivity index is 1.46. The minimum atomic E-state index is -0.00891. The lowest BCUT2D eigenvalue weighted by Gasteiger charge is -2.03. The Labute approximate surface area is 167 Å². The molecule has 2 N–H and O–H groups in total. The number of fused-ring (bicyclic) bond motifs is 1. The number of amides is 1. The molecule has 0 atom stereocenters. The first-order chi connectivity index (χ1) is 13.6. The van der Waals surface area contributed by atoms with Crippen molar-refractivity contribution in [1.82, 2.24) is 14.5 Å². The lowest BCUT2D eigenvalue weighted by Crippen LogP contribution is -2.12. The maximum absolute atomic E-state index is 12.2. The SMILES string of the molecule is COc1ccc2[nH]c(C)c(-c3csc(NC(=O)CCCn4cccc4)n3)c2c1. The molecule has 0 aliphatic carbocycles. The van der Waals surface area contributed by atoms with E-state index in [1.165, 1.54) is 11.3 Å². The summed E-state index contributed by atoms with van der Waals surface area (Å²) in [5.74, 6) is 0.796. The number of thiazole rings is 1. The molecule has 0 aliphatic rings. The number of aromatic nitrogens is 3. The van der Waals surface area contributed by atoms with Crippen LogP contribution in [-0.4, -0.2) is 27.6 Å². The summed E-state index contributed by atoms with van der Waals surface area (Å²) in [5.41, 5.74) is 3.97. The Morgan fingerprint density at radius 3 is 2.93 bits per heavy atom. The van der Waals surface area contributed by atoms with E-state index >= 15 is 0 Å². The van der Waals surface area contributed by atoms with Crippen molar-refractivity contribution >= 4 is 33.3 Å². The molecule has 3 aromatic heterocycles. The molecule has 0 spiro atoms. The third-order valence-corrected chi connectivity index (χ3v) is 5.44. The topological polar surface area (TPSA) is 71.9 Å².